The van der Waals surface area contributed by atoms with E-state index in [1.807, 2.05) is 19.9 Å². The lowest BCUT2D eigenvalue weighted by Gasteiger charge is -2.01. The predicted molar refractivity (Wildman–Crippen MR) is 59.4 cm³/mol. The van der Waals surface area contributed by atoms with Crippen LogP contribution >= 0.6 is 0 Å². The van der Waals surface area contributed by atoms with Crippen LogP contribution in [-0.2, 0) is 0 Å². The topological polar surface area (TPSA) is 0 Å². The molecular formula is C12H24. The summed E-state index contributed by atoms with van der Waals surface area (Å²) in [5.74, 6) is 0. The van der Waals surface area contributed by atoms with Gasteiger partial charge in [0.25, 0.3) is 0 Å². The van der Waals surface area contributed by atoms with Gasteiger partial charge in [-0.05, 0) is 26.2 Å². The molecule has 0 saturated carbocycles. The van der Waals surface area contributed by atoms with E-state index in [-0.39, 0.29) is 0 Å². The number of hydrogen-bond acceptors (Lipinski definition) is 0. The maximum atomic E-state index is 3.70. The van der Waals surface area contributed by atoms with Gasteiger partial charge in [0.2, 0.25) is 0 Å². The Labute approximate surface area is 78.4 Å². The molecule has 0 atom stereocenters. The van der Waals surface area contributed by atoms with Crippen molar-refractivity contribution >= 4 is 0 Å². The van der Waals surface area contributed by atoms with E-state index in [2.05, 4.69) is 26.5 Å². The van der Waals surface area contributed by atoms with Crippen molar-refractivity contribution in [1.82, 2.24) is 0 Å². The van der Waals surface area contributed by atoms with E-state index in [1.165, 1.54) is 19.3 Å². The second-order valence-electron chi connectivity index (χ2n) is 2.52. The van der Waals surface area contributed by atoms with Crippen molar-refractivity contribution < 1.29 is 0 Å². The van der Waals surface area contributed by atoms with Crippen LogP contribution in [0.1, 0.15) is 53.4 Å². The Bertz CT molecular complexity index is 109. The van der Waals surface area contributed by atoms with Gasteiger partial charge in [0.1, 0.15) is 0 Å². The normalized spacial score (nSPS) is 10.2. The van der Waals surface area contributed by atoms with Gasteiger partial charge in [-0.15, -0.1) is 6.58 Å². The Morgan fingerprint density at radius 2 is 1.83 bits per heavy atom. The highest BCUT2D eigenvalue weighted by Gasteiger charge is 1.91. The number of rotatable bonds is 5. The molecule has 72 valence electrons. The van der Waals surface area contributed by atoms with Crippen LogP contribution in [0.3, 0.4) is 0 Å². The molecule has 0 aromatic heterocycles. The standard InChI is InChI=1S/C10H18.C2H6/c1-4-7-9-10(6-3)8-5-2;1-2/h4,6H,1,5,7-9H2,2-3H3;1-2H3/b10-6-;. The van der Waals surface area contributed by atoms with Gasteiger partial charge in [-0.25, -0.2) is 0 Å². The van der Waals surface area contributed by atoms with Gasteiger partial charge in [-0.3, -0.25) is 0 Å². The zero-order chi connectivity index (χ0) is 9.82. The molecule has 0 N–H and O–H groups in total. The summed E-state index contributed by atoms with van der Waals surface area (Å²) < 4.78 is 0. The third kappa shape index (κ3) is 9.48. The van der Waals surface area contributed by atoms with E-state index in [9.17, 15) is 0 Å². The molecule has 0 bridgehead atoms. The summed E-state index contributed by atoms with van der Waals surface area (Å²) in [4.78, 5) is 0. The zero-order valence-corrected chi connectivity index (χ0v) is 9.19. The highest BCUT2D eigenvalue weighted by atomic mass is 14.0. The quantitative estimate of drug-likeness (QED) is 0.521. The molecule has 0 aliphatic heterocycles. The summed E-state index contributed by atoms with van der Waals surface area (Å²) in [5, 5.41) is 0. The number of hydrogen-bond donors (Lipinski definition) is 0. The van der Waals surface area contributed by atoms with E-state index in [0.717, 1.165) is 6.42 Å². The predicted octanol–water partition coefficient (Wildman–Crippen LogP) is 4.73. The first kappa shape index (κ1) is 14.0. The van der Waals surface area contributed by atoms with Crippen molar-refractivity contribution in [3.63, 3.8) is 0 Å². The maximum absolute atomic E-state index is 3.70. The Morgan fingerprint density at radius 3 is 2.17 bits per heavy atom. The van der Waals surface area contributed by atoms with Crippen LogP contribution in [0.5, 0.6) is 0 Å². The summed E-state index contributed by atoms with van der Waals surface area (Å²) in [6.07, 6.45) is 9.06. The first-order valence-corrected chi connectivity index (χ1v) is 5.10. The summed E-state index contributed by atoms with van der Waals surface area (Å²) in [6, 6.07) is 0. The Balaban J connectivity index is 0. The highest BCUT2D eigenvalue weighted by Crippen LogP contribution is 2.11. The lowest BCUT2D eigenvalue weighted by Crippen LogP contribution is -1.81. The van der Waals surface area contributed by atoms with E-state index >= 15 is 0 Å². The van der Waals surface area contributed by atoms with Gasteiger partial charge >= 0.3 is 0 Å². The minimum Gasteiger partial charge on any atom is -0.103 e. The molecule has 0 radical (unpaired) electrons. The summed E-state index contributed by atoms with van der Waals surface area (Å²) in [6.45, 7) is 12.0. The van der Waals surface area contributed by atoms with Crippen molar-refractivity contribution in [2.24, 2.45) is 0 Å². The fraction of sp³-hybridized carbons (Fsp3) is 0.667. The van der Waals surface area contributed by atoms with E-state index in [4.69, 9.17) is 0 Å². The maximum Gasteiger partial charge on any atom is -0.0286 e. The van der Waals surface area contributed by atoms with Crippen LogP contribution in [0, 0.1) is 0 Å². The van der Waals surface area contributed by atoms with Gasteiger partial charge in [0.05, 0.1) is 0 Å². The molecule has 0 aliphatic carbocycles. The Morgan fingerprint density at radius 1 is 1.25 bits per heavy atom. The van der Waals surface area contributed by atoms with E-state index in [0.29, 0.717) is 0 Å². The summed E-state index contributed by atoms with van der Waals surface area (Å²) in [7, 11) is 0. The third-order valence-corrected chi connectivity index (χ3v) is 1.65. The van der Waals surface area contributed by atoms with Crippen molar-refractivity contribution in [1.29, 1.82) is 0 Å². The lowest BCUT2D eigenvalue weighted by atomic mass is 10.1. The molecule has 0 heterocycles. The van der Waals surface area contributed by atoms with Crippen molar-refractivity contribution in [2.45, 2.75) is 53.4 Å². The average molecular weight is 168 g/mol. The van der Waals surface area contributed by atoms with E-state index in [1.54, 1.807) is 5.57 Å². The SMILES string of the molecule is C=CCC/C(=C\C)CCC.CC. The van der Waals surface area contributed by atoms with Crippen molar-refractivity contribution in [3.05, 3.63) is 24.3 Å². The molecule has 0 unspecified atom stereocenters. The molecule has 0 saturated heterocycles. The minimum absolute atomic E-state index is 1.12. The van der Waals surface area contributed by atoms with Gasteiger partial charge < -0.3 is 0 Å². The molecule has 12 heavy (non-hydrogen) atoms. The average Bonchev–Trinajstić information content (AvgIpc) is 2.15. The molecule has 0 spiro atoms. The first-order valence-electron chi connectivity index (χ1n) is 5.10. The molecule has 0 nitrogen and oxygen atoms in total. The zero-order valence-electron chi connectivity index (χ0n) is 9.19. The molecule has 0 fully saturated rings. The Hall–Kier alpha value is -0.520. The van der Waals surface area contributed by atoms with Gasteiger partial charge in [0.15, 0.2) is 0 Å². The smallest absolute Gasteiger partial charge is 0.0286 e. The monoisotopic (exact) mass is 168 g/mol. The van der Waals surface area contributed by atoms with Crippen LogP contribution < -0.4 is 0 Å². The molecule has 0 aliphatic rings. The fourth-order valence-electron chi connectivity index (χ4n) is 1.02. The number of allylic oxidation sites excluding steroid dienone is 3. The van der Waals surface area contributed by atoms with Crippen LogP contribution in [0.25, 0.3) is 0 Å². The minimum atomic E-state index is 1.12. The van der Waals surface area contributed by atoms with Gasteiger partial charge in [-0.1, -0.05) is 44.9 Å². The molecule has 0 rings (SSSR count). The molecule has 0 amide bonds. The molecular weight excluding hydrogens is 144 g/mol. The van der Waals surface area contributed by atoms with Crippen LogP contribution in [0.15, 0.2) is 24.3 Å². The summed E-state index contributed by atoms with van der Waals surface area (Å²) >= 11 is 0. The van der Waals surface area contributed by atoms with Gasteiger partial charge in [-0.2, -0.15) is 0 Å². The van der Waals surface area contributed by atoms with E-state index < -0.39 is 0 Å². The Kier molecular flexibility index (Phi) is 15.3. The first-order chi connectivity index (χ1) is 5.85. The second kappa shape index (κ2) is 13.1. The van der Waals surface area contributed by atoms with Crippen molar-refractivity contribution in [2.75, 3.05) is 0 Å². The summed E-state index contributed by atoms with van der Waals surface area (Å²) in [5.41, 5.74) is 1.57. The molecule has 0 heteroatoms. The van der Waals surface area contributed by atoms with Gasteiger partial charge in [0, 0.05) is 0 Å². The van der Waals surface area contributed by atoms with Crippen molar-refractivity contribution in [3.8, 4) is 0 Å². The van der Waals surface area contributed by atoms with Crippen LogP contribution in [-0.4, -0.2) is 0 Å². The van der Waals surface area contributed by atoms with Crippen LogP contribution in [0.2, 0.25) is 0 Å². The molecule has 0 aromatic rings. The molecule has 0 aromatic carbocycles. The highest BCUT2D eigenvalue weighted by molar-refractivity contribution is 5.00. The second-order valence-corrected chi connectivity index (χ2v) is 2.52. The van der Waals surface area contributed by atoms with Crippen LogP contribution in [0.4, 0.5) is 0 Å². The third-order valence-electron chi connectivity index (χ3n) is 1.65. The fourth-order valence-corrected chi connectivity index (χ4v) is 1.02. The largest absolute Gasteiger partial charge is 0.103 e. The lowest BCUT2D eigenvalue weighted by molar-refractivity contribution is 0.827.